The minimum atomic E-state index is -3.48. The molecule has 1 aromatic heterocycles. The first-order chi connectivity index (χ1) is 8.91. The molecular weight excluding hydrogens is 262 g/mol. The fourth-order valence-corrected chi connectivity index (χ4v) is 2.95. The maximum absolute atomic E-state index is 12.4. The van der Waals surface area contributed by atoms with E-state index in [1.807, 2.05) is 19.9 Å². The number of nitrogens with zero attached hydrogens (tertiary/aromatic N) is 2. The van der Waals surface area contributed by atoms with Gasteiger partial charge in [-0.05, 0) is 37.1 Å². The van der Waals surface area contributed by atoms with Crippen LogP contribution in [-0.2, 0) is 16.6 Å². The summed E-state index contributed by atoms with van der Waals surface area (Å²) in [5.41, 5.74) is 2.04. The smallest absolute Gasteiger partial charge is 0.243 e. The zero-order valence-corrected chi connectivity index (χ0v) is 12.0. The summed E-state index contributed by atoms with van der Waals surface area (Å²) in [6.45, 7) is 4.08. The molecule has 2 aromatic rings. The summed E-state index contributed by atoms with van der Waals surface area (Å²) >= 11 is 0. The van der Waals surface area contributed by atoms with E-state index >= 15 is 0 Å². The van der Waals surface area contributed by atoms with Gasteiger partial charge in [-0.1, -0.05) is 6.07 Å². The molecule has 0 radical (unpaired) electrons. The van der Waals surface area contributed by atoms with E-state index in [4.69, 9.17) is 0 Å². The van der Waals surface area contributed by atoms with Gasteiger partial charge in [-0.3, -0.25) is 0 Å². The highest BCUT2D eigenvalue weighted by molar-refractivity contribution is 7.89. The Bertz CT molecular complexity index is 663. The van der Waals surface area contributed by atoms with Gasteiger partial charge in [0.05, 0.1) is 11.4 Å². The van der Waals surface area contributed by atoms with Crippen LogP contribution in [0.5, 0.6) is 0 Å². The highest BCUT2D eigenvalue weighted by atomic mass is 32.2. The molecule has 0 aliphatic carbocycles. The van der Waals surface area contributed by atoms with Crippen LogP contribution in [0, 0.1) is 13.8 Å². The topological polar surface area (TPSA) is 66.1 Å². The quantitative estimate of drug-likeness (QED) is 0.928. The standard InChI is InChI=1S/C13H17N3O2S/c1-10-4-5-12(8-11(10)2)19(17,18)16(3)9-13-14-6-7-15-13/h4-8H,9H2,1-3H3,(H,14,15). The Morgan fingerprint density at radius 3 is 2.58 bits per heavy atom. The minimum Gasteiger partial charge on any atom is -0.347 e. The molecule has 2 rings (SSSR count). The third-order valence-electron chi connectivity index (χ3n) is 3.11. The lowest BCUT2D eigenvalue weighted by molar-refractivity contribution is 0.458. The second kappa shape index (κ2) is 5.14. The van der Waals surface area contributed by atoms with Crippen LogP contribution >= 0.6 is 0 Å². The molecule has 0 fully saturated rings. The van der Waals surface area contributed by atoms with Gasteiger partial charge in [0.25, 0.3) is 0 Å². The molecule has 0 spiro atoms. The fraction of sp³-hybridized carbons (Fsp3) is 0.308. The van der Waals surface area contributed by atoms with E-state index in [9.17, 15) is 8.42 Å². The third kappa shape index (κ3) is 2.85. The van der Waals surface area contributed by atoms with Gasteiger partial charge in [0, 0.05) is 19.4 Å². The molecule has 0 aliphatic heterocycles. The van der Waals surface area contributed by atoms with Crippen LogP contribution in [0.15, 0.2) is 35.5 Å². The van der Waals surface area contributed by atoms with Gasteiger partial charge < -0.3 is 4.98 Å². The first-order valence-corrected chi connectivity index (χ1v) is 7.37. The fourth-order valence-electron chi connectivity index (χ4n) is 1.73. The third-order valence-corrected chi connectivity index (χ3v) is 4.91. The summed E-state index contributed by atoms with van der Waals surface area (Å²) in [6, 6.07) is 5.16. The van der Waals surface area contributed by atoms with Crippen LogP contribution in [0.3, 0.4) is 0 Å². The number of aromatic nitrogens is 2. The van der Waals surface area contributed by atoms with Crippen LogP contribution in [0.2, 0.25) is 0 Å². The lowest BCUT2D eigenvalue weighted by Crippen LogP contribution is -2.27. The van der Waals surface area contributed by atoms with Crippen molar-refractivity contribution in [2.75, 3.05) is 7.05 Å². The highest BCUT2D eigenvalue weighted by Gasteiger charge is 2.21. The normalized spacial score (nSPS) is 12.0. The predicted octanol–water partition coefficient (Wildman–Crippen LogP) is 1.85. The maximum Gasteiger partial charge on any atom is 0.243 e. The van der Waals surface area contributed by atoms with Crippen LogP contribution in [0.1, 0.15) is 17.0 Å². The maximum atomic E-state index is 12.4. The molecule has 102 valence electrons. The summed E-state index contributed by atoms with van der Waals surface area (Å²) in [5, 5.41) is 0. The van der Waals surface area contributed by atoms with E-state index in [0.29, 0.717) is 10.7 Å². The number of imidazole rings is 1. The molecule has 1 heterocycles. The molecule has 0 aliphatic rings. The molecule has 0 bridgehead atoms. The number of sulfonamides is 1. The molecule has 0 saturated heterocycles. The number of benzene rings is 1. The van der Waals surface area contributed by atoms with Gasteiger partial charge in [-0.2, -0.15) is 4.31 Å². The van der Waals surface area contributed by atoms with E-state index in [1.165, 1.54) is 4.31 Å². The van der Waals surface area contributed by atoms with Crippen LogP contribution in [-0.4, -0.2) is 29.7 Å². The van der Waals surface area contributed by atoms with Gasteiger partial charge >= 0.3 is 0 Å². The van der Waals surface area contributed by atoms with E-state index < -0.39 is 10.0 Å². The summed E-state index contributed by atoms with van der Waals surface area (Å²) in [4.78, 5) is 7.24. The van der Waals surface area contributed by atoms with Gasteiger partial charge in [0.1, 0.15) is 5.82 Å². The van der Waals surface area contributed by atoms with Crippen molar-refractivity contribution in [3.63, 3.8) is 0 Å². The Morgan fingerprint density at radius 1 is 1.26 bits per heavy atom. The number of hydrogen-bond acceptors (Lipinski definition) is 3. The Kier molecular flexibility index (Phi) is 3.73. The van der Waals surface area contributed by atoms with E-state index in [1.54, 1.807) is 31.6 Å². The molecule has 0 atom stereocenters. The largest absolute Gasteiger partial charge is 0.347 e. The van der Waals surface area contributed by atoms with Gasteiger partial charge in [0.2, 0.25) is 10.0 Å². The van der Waals surface area contributed by atoms with Gasteiger partial charge in [-0.15, -0.1) is 0 Å². The van der Waals surface area contributed by atoms with Crippen molar-refractivity contribution < 1.29 is 8.42 Å². The molecule has 0 unspecified atom stereocenters. The number of H-pyrrole nitrogens is 1. The lowest BCUT2D eigenvalue weighted by atomic mass is 10.1. The van der Waals surface area contributed by atoms with Crippen molar-refractivity contribution in [1.82, 2.24) is 14.3 Å². The van der Waals surface area contributed by atoms with Gasteiger partial charge in [0.15, 0.2) is 0 Å². The first-order valence-electron chi connectivity index (χ1n) is 5.93. The SMILES string of the molecule is Cc1ccc(S(=O)(=O)N(C)Cc2ncc[nH]2)cc1C. The number of nitrogens with one attached hydrogen (secondary N) is 1. The Hall–Kier alpha value is -1.66. The van der Waals surface area contributed by atoms with Crippen molar-refractivity contribution in [3.8, 4) is 0 Å². The predicted molar refractivity (Wildman–Crippen MR) is 73.2 cm³/mol. The Labute approximate surface area is 113 Å². The number of hydrogen-bond donors (Lipinski definition) is 1. The second-order valence-corrected chi connectivity index (χ2v) is 6.59. The van der Waals surface area contributed by atoms with Crippen molar-refractivity contribution in [2.45, 2.75) is 25.3 Å². The average Bonchev–Trinajstić information content (AvgIpc) is 2.85. The Morgan fingerprint density at radius 2 is 2.00 bits per heavy atom. The molecule has 1 N–H and O–H groups in total. The zero-order valence-electron chi connectivity index (χ0n) is 11.2. The number of aryl methyl sites for hydroxylation is 2. The molecule has 19 heavy (non-hydrogen) atoms. The first kappa shape index (κ1) is 13.8. The summed E-state index contributed by atoms with van der Waals surface area (Å²) in [7, 11) is -1.93. The van der Waals surface area contributed by atoms with Crippen molar-refractivity contribution in [2.24, 2.45) is 0 Å². The number of aromatic amines is 1. The molecule has 1 aromatic carbocycles. The van der Waals surface area contributed by atoms with E-state index in [2.05, 4.69) is 9.97 Å². The van der Waals surface area contributed by atoms with Gasteiger partial charge in [-0.25, -0.2) is 13.4 Å². The summed E-state index contributed by atoms with van der Waals surface area (Å²) < 4.78 is 26.1. The highest BCUT2D eigenvalue weighted by Crippen LogP contribution is 2.19. The Balaban J connectivity index is 2.28. The number of rotatable bonds is 4. The molecule has 0 saturated carbocycles. The molecule has 6 heteroatoms. The molecule has 0 amide bonds. The van der Waals surface area contributed by atoms with Crippen molar-refractivity contribution in [3.05, 3.63) is 47.5 Å². The monoisotopic (exact) mass is 279 g/mol. The molecule has 5 nitrogen and oxygen atoms in total. The zero-order chi connectivity index (χ0) is 14.0. The van der Waals surface area contributed by atoms with E-state index in [0.717, 1.165) is 11.1 Å². The van der Waals surface area contributed by atoms with Crippen LogP contribution in [0.25, 0.3) is 0 Å². The average molecular weight is 279 g/mol. The van der Waals surface area contributed by atoms with Crippen LogP contribution < -0.4 is 0 Å². The minimum absolute atomic E-state index is 0.224. The van der Waals surface area contributed by atoms with Crippen LogP contribution in [0.4, 0.5) is 0 Å². The summed E-state index contributed by atoms with van der Waals surface area (Å²) in [6.07, 6.45) is 3.28. The summed E-state index contributed by atoms with van der Waals surface area (Å²) in [5.74, 6) is 0.620. The van der Waals surface area contributed by atoms with E-state index in [-0.39, 0.29) is 6.54 Å². The second-order valence-electron chi connectivity index (χ2n) is 4.54. The molecular formula is C13H17N3O2S. The van der Waals surface area contributed by atoms with Crippen molar-refractivity contribution >= 4 is 10.0 Å². The lowest BCUT2D eigenvalue weighted by Gasteiger charge is -2.16. The van der Waals surface area contributed by atoms with Crippen molar-refractivity contribution in [1.29, 1.82) is 0 Å².